The first kappa shape index (κ1) is 41.1. The Morgan fingerprint density at radius 3 is 2.52 bits per heavy atom. The molecule has 0 unspecified atom stereocenters. The van der Waals surface area contributed by atoms with Crippen molar-refractivity contribution in [2.24, 2.45) is 0 Å². The molecule has 5 aromatic heterocycles. The smallest absolute Gasteiger partial charge is 0.251 e. The number of piperazine rings is 1. The maximum atomic E-state index is 14.6. The minimum absolute atomic E-state index is 0.156. The van der Waals surface area contributed by atoms with E-state index in [9.17, 15) is 4.79 Å². The second-order valence-electron chi connectivity index (χ2n) is 16.7. The van der Waals surface area contributed by atoms with Crippen LogP contribution in [-0.2, 0) is 11.3 Å². The van der Waals surface area contributed by atoms with Gasteiger partial charge in [-0.15, -0.1) is 0 Å². The standard InChI is InChI=1S/C46H48BrN15O2/c1-28-21-36-37(22-29(28)2)53-38(52-36)26-60(46-55-45(58-19-17-57(4)18-20-58)54-42-35(47)23-51-62(42)46)24-30(3)44(63)59-16-8-9-32(25-59)61-43-39(41(48)49-27-50-43)40(56-61)31-12-14-34(15-13-31)64-33-10-6-5-7-11-33/h5-7,10-15,21-23,27,32H,3,8-9,16-20,24-26H2,1-2,4H3,(H,52,53)(H2,48,49,50)/t32-/m1/s1. The van der Waals surface area contributed by atoms with Gasteiger partial charge in [-0.1, -0.05) is 24.8 Å². The van der Waals surface area contributed by atoms with Crippen molar-refractivity contribution < 1.29 is 9.53 Å². The molecule has 64 heavy (non-hydrogen) atoms. The van der Waals surface area contributed by atoms with E-state index in [1.165, 1.54) is 11.9 Å². The van der Waals surface area contributed by atoms with Crippen molar-refractivity contribution >= 4 is 67.3 Å². The van der Waals surface area contributed by atoms with E-state index in [4.69, 9.17) is 35.6 Å². The molecular weight excluding hydrogens is 875 g/mol. The number of hydrogen-bond acceptors (Lipinski definition) is 13. The van der Waals surface area contributed by atoms with Crippen molar-refractivity contribution in [3.05, 3.63) is 113 Å². The molecule has 10 rings (SSSR count). The van der Waals surface area contributed by atoms with E-state index < -0.39 is 0 Å². The molecule has 1 atom stereocenters. The number of benzene rings is 3. The van der Waals surface area contributed by atoms with Gasteiger partial charge in [0, 0.05) is 50.4 Å². The van der Waals surface area contributed by atoms with Gasteiger partial charge in [0.25, 0.3) is 5.91 Å². The van der Waals surface area contributed by atoms with Crippen LogP contribution in [-0.4, -0.2) is 118 Å². The maximum Gasteiger partial charge on any atom is 0.251 e. The summed E-state index contributed by atoms with van der Waals surface area (Å²) in [4.78, 5) is 50.6. The topological polar surface area (TPSA) is 181 Å². The molecule has 2 aliphatic rings. The zero-order valence-electron chi connectivity index (χ0n) is 35.9. The molecule has 18 heteroatoms. The normalized spacial score (nSPS) is 16.0. The molecule has 3 N–H and O–H groups in total. The number of para-hydroxylation sites is 1. The van der Waals surface area contributed by atoms with Gasteiger partial charge >= 0.3 is 0 Å². The first-order valence-corrected chi connectivity index (χ1v) is 22.2. The number of amides is 1. The summed E-state index contributed by atoms with van der Waals surface area (Å²) >= 11 is 3.68. The predicted molar refractivity (Wildman–Crippen MR) is 250 cm³/mol. The number of halogens is 1. The largest absolute Gasteiger partial charge is 0.457 e. The van der Waals surface area contributed by atoms with E-state index in [-0.39, 0.29) is 18.5 Å². The second-order valence-corrected chi connectivity index (χ2v) is 17.5. The Morgan fingerprint density at radius 2 is 1.72 bits per heavy atom. The molecule has 0 radical (unpaired) electrons. The van der Waals surface area contributed by atoms with Crippen LogP contribution in [0.2, 0.25) is 0 Å². The lowest BCUT2D eigenvalue weighted by Crippen LogP contribution is -2.45. The number of nitrogens with zero attached hydrogens (tertiary/aromatic N) is 13. The van der Waals surface area contributed by atoms with Crippen molar-refractivity contribution in [3.63, 3.8) is 0 Å². The molecule has 2 aliphatic heterocycles. The molecule has 3 aromatic carbocycles. The van der Waals surface area contributed by atoms with Crippen molar-refractivity contribution in [1.29, 1.82) is 0 Å². The third kappa shape index (κ3) is 7.98. The molecule has 8 aromatic rings. The molecule has 7 heterocycles. The number of nitrogens with one attached hydrogen (secondary N) is 1. The highest BCUT2D eigenvalue weighted by atomic mass is 79.9. The number of aryl methyl sites for hydroxylation is 2. The Balaban J connectivity index is 0.940. The summed E-state index contributed by atoms with van der Waals surface area (Å²) < 4.78 is 10.4. The molecule has 0 saturated carbocycles. The highest BCUT2D eigenvalue weighted by Gasteiger charge is 2.31. The van der Waals surface area contributed by atoms with Gasteiger partial charge in [-0.3, -0.25) is 4.79 Å². The quantitative estimate of drug-likeness (QED) is 0.130. The number of carbonyl (C=O) groups excluding carboxylic acids is 1. The van der Waals surface area contributed by atoms with Crippen molar-refractivity contribution in [1.82, 2.24) is 59.1 Å². The van der Waals surface area contributed by atoms with Crippen LogP contribution in [0.3, 0.4) is 0 Å². The zero-order valence-corrected chi connectivity index (χ0v) is 37.5. The first-order valence-electron chi connectivity index (χ1n) is 21.4. The number of likely N-dealkylation sites (N-methyl/N-ethyl adjacent to an activating group) is 1. The molecule has 0 aliphatic carbocycles. The molecule has 2 fully saturated rings. The summed E-state index contributed by atoms with van der Waals surface area (Å²) in [5.74, 6) is 3.47. The van der Waals surface area contributed by atoms with Crippen LogP contribution in [0.15, 0.2) is 95.9 Å². The highest BCUT2D eigenvalue weighted by Crippen LogP contribution is 2.35. The Hall–Kier alpha value is -6.92. The Kier molecular flexibility index (Phi) is 10.9. The fraction of sp³-hybridized carbons (Fsp3) is 0.304. The fourth-order valence-corrected chi connectivity index (χ4v) is 8.92. The van der Waals surface area contributed by atoms with Gasteiger partial charge in [-0.05, 0) is 109 Å². The minimum atomic E-state index is -0.177. The average molecular weight is 923 g/mol. The SMILES string of the molecule is C=C(CN(Cc1nc2cc(C)c(C)cc2[nH]1)c1nc(N2CCN(C)CC2)nc2c(Br)cnn12)C(=O)N1CCC[C@@H](n2nc(-c3ccc(Oc4ccccc4)cc3)c3c(N)ncnc32)C1. The lowest BCUT2D eigenvalue weighted by atomic mass is 10.0. The van der Waals surface area contributed by atoms with E-state index in [0.29, 0.717) is 71.0 Å². The molecule has 2 saturated heterocycles. The van der Waals surface area contributed by atoms with E-state index in [0.717, 1.165) is 77.2 Å². The Bertz CT molecular complexity index is 2990. The van der Waals surface area contributed by atoms with Crippen LogP contribution in [0.1, 0.15) is 35.8 Å². The van der Waals surface area contributed by atoms with Crippen LogP contribution in [0, 0.1) is 13.8 Å². The summed E-state index contributed by atoms with van der Waals surface area (Å²) in [6.45, 7) is 13.4. The number of ether oxygens (including phenoxy) is 1. The van der Waals surface area contributed by atoms with Crippen molar-refractivity contribution in [2.45, 2.75) is 39.3 Å². The zero-order chi connectivity index (χ0) is 44.1. The maximum absolute atomic E-state index is 14.6. The van der Waals surface area contributed by atoms with Gasteiger partial charge < -0.3 is 35.1 Å². The third-order valence-electron chi connectivity index (χ3n) is 12.2. The lowest BCUT2D eigenvalue weighted by molar-refractivity contribution is -0.128. The van der Waals surface area contributed by atoms with Crippen LogP contribution < -0.4 is 20.3 Å². The Labute approximate surface area is 377 Å². The number of likely N-dealkylation sites (tertiary alicyclic amines) is 1. The summed E-state index contributed by atoms with van der Waals surface area (Å²) in [7, 11) is 2.12. The van der Waals surface area contributed by atoms with Gasteiger partial charge in [0.05, 0.1) is 46.2 Å². The highest BCUT2D eigenvalue weighted by molar-refractivity contribution is 9.10. The van der Waals surface area contributed by atoms with Gasteiger partial charge in [0.15, 0.2) is 11.3 Å². The van der Waals surface area contributed by atoms with Crippen LogP contribution in [0.4, 0.5) is 17.7 Å². The number of H-pyrrole nitrogens is 1. The van der Waals surface area contributed by atoms with Crippen molar-refractivity contribution in [2.75, 3.05) is 68.4 Å². The van der Waals surface area contributed by atoms with Crippen LogP contribution in [0.25, 0.3) is 39.0 Å². The molecule has 326 valence electrons. The lowest BCUT2D eigenvalue weighted by Gasteiger charge is -2.34. The predicted octanol–water partition coefficient (Wildman–Crippen LogP) is 6.74. The number of anilines is 3. The van der Waals surface area contributed by atoms with E-state index in [1.54, 1.807) is 10.7 Å². The Morgan fingerprint density at radius 1 is 0.953 bits per heavy atom. The van der Waals surface area contributed by atoms with Gasteiger partial charge in [-0.2, -0.15) is 24.7 Å². The molecule has 1 amide bonds. The number of aromatic amines is 1. The number of nitrogens with two attached hydrogens (primary N) is 1. The number of aromatic nitrogens is 10. The van der Waals surface area contributed by atoms with Gasteiger partial charge in [0.2, 0.25) is 11.9 Å². The van der Waals surface area contributed by atoms with Gasteiger partial charge in [-0.25, -0.2) is 19.6 Å². The number of rotatable bonds is 11. The monoisotopic (exact) mass is 921 g/mol. The number of piperidine rings is 1. The molecule has 0 spiro atoms. The summed E-state index contributed by atoms with van der Waals surface area (Å²) in [5.41, 5.74) is 13.8. The van der Waals surface area contributed by atoms with Crippen LogP contribution in [0.5, 0.6) is 11.5 Å². The fourth-order valence-electron chi connectivity index (χ4n) is 8.57. The van der Waals surface area contributed by atoms with E-state index >= 15 is 0 Å². The third-order valence-corrected chi connectivity index (χ3v) is 12.8. The minimum Gasteiger partial charge on any atom is -0.457 e. The van der Waals surface area contributed by atoms with Gasteiger partial charge in [0.1, 0.15) is 35.2 Å². The first-order chi connectivity index (χ1) is 31.1. The number of carbonyl (C=O) groups is 1. The molecule has 17 nitrogen and oxygen atoms in total. The number of nitrogen functional groups attached to an aromatic ring is 1. The average Bonchev–Trinajstić information content (AvgIpc) is 4.01. The summed E-state index contributed by atoms with van der Waals surface area (Å²) in [6.07, 6.45) is 4.73. The second kappa shape index (κ2) is 17.0. The molecular formula is C46H48BrN15O2. The summed E-state index contributed by atoms with van der Waals surface area (Å²) in [6, 6.07) is 21.4. The van der Waals surface area contributed by atoms with Crippen LogP contribution >= 0.6 is 15.9 Å². The summed E-state index contributed by atoms with van der Waals surface area (Å²) in [5, 5.41) is 10.5. The van der Waals surface area contributed by atoms with Crippen molar-refractivity contribution in [3.8, 4) is 22.8 Å². The molecule has 0 bridgehead atoms. The number of hydrogen-bond donors (Lipinski definition) is 2. The number of fused-ring (bicyclic) bond motifs is 3. The van der Waals surface area contributed by atoms with E-state index in [1.807, 2.05) is 69.1 Å². The number of imidazole rings is 1. The van der Waals surface area contributed by atoms with E-state index in [2.05, 4.69) is 80.3 Å².